The fraction of sp³-hybridized carbons (Fsp3) is 0. The monoisotopic (exact) mass is 385 g/mol. The Hall–Kier alpha value is -2.93. The number of phenolic OH excluding ortho intramolecular Hbond substituents is 1. The van der Waals surface area contributed by atoms with Crippen LogP contribution in [-0.2, 0) is 0 Å². The first-order valence-corrected chi connectivity index (χ1v) is 7.76. The van der Waals surface area contributed by atoms with E-state index in [9.17, 15) is 9.90 Å². The van der Waals surface area contributed by atoms with Crippen LogP contribution < -0.4 is 10.1 Å². The average molecular weight is 386 g/mol. The molecule has 7 heteroatoms. The molecule has 3 aromatic rings. The zero-order valence-electron chi connectivity index (χ0n) is 12.3. The summed E-state index contributed by atoms with van der Waals surface area (Å²) in [6, 6.07) is 13.3. The van der Waals surface area contributed by atoms with Crippen molar-refractivity contribution >= 4 is 27.5 Å². The summed E-state index contributed by atoms with van der Waals surface area (Å²) in [5, 5.41) is 12.5. The Balaban J connectivity index is 1.70. The number of aromatic nitrogens is 2. The average Bonchev–Trinajstić information content (AvgIpc) is 2.59. The number of ether oxygens (including phenoxy) is 1. The lowest BCUT2D eigenvalue weighted by molar-refractivity contribution is 0.102. The summed E-state index contributed by atoms with van der Waals surface area (Å²) in [5.74, 6) is 0.0512. The maximum atomic E-state index is 12.2. The molecule has 0 aliphatic rings. The fourth-order valence-corrected chi connectivity index (χ4v) is 2.30. The number of phenols is 1. The summed E-state index contributed by atoms with van der Waals surface area (Å²) in [6.45, 7) is 0. The van der Waals surface area contributed by atoms with Crippen LogP contribution in [0.4, 0.5) is 5.69 Å². The van der Waals surface area contributed by atoms with Gasteiger partial charge in [-0.3, -0.25) is 4.79 Å². The molecule has 0 saturated heterocycles. The summed E-state index contributed by atoms with van der Waals surface area (Å²) in [4.78, 5) is 20.2. The van der Waals surface area contributed by atoms with Crippen molar-refractivity contribution in [2.24, 2.45) is 0 Å². The second-order valence-corrected chi connectivity index (χ2v) is 5.69. The van der Waals surface area contributed by atoms with Crippen LogP contribution in [0.5, 0.6) is 17.5 Å². The smallest absolute Gasteiger partial charge is 0.321 e. The van der Waals surface area contributed by atoms with Crippen molar-refractivity contribution in [1.82, 2.24) is 9.97 Å². The second-order valence-electron chi connectivity index (χ2n) is 4.77. The van der Waals surface area contributed by atoms with E-state index in [2.05, 4.69) is 31.2 Å². The van der Waals surface area contributed by atoms with Crippen molar-refractivity contribution < 1.29 is 14.6 Å². The maximum absolute atomic E-state index is 12.2. The topological polar surface area (TPSA) is 84.3 Å². The molecule has 1 amide bonds. The van der Waals surface area contributed by atoms with E-state index in [0.29, 0.717) is 15.9 Å². The number of rotatable bonds is 4. The summed E-state index contributed by atoms with van der Waals surface area (Å²) in [6.07, 6.45) is 3.17. The third-order valence-corrected chi connectivity index (χ3v) is 3.56. The maximum Gasteiger partial charge on any atom is 0.321 e. The highest BCUT2D eigenvalue weighted by Gasteiger charge is 2.12. The Morgan fingerprint density at radius 2 is 1.79 bits per heavy atom. The first kappa shape index (κ1) is 15.9. The van der Waals surface area contributed by atoms with Crippen molar-refractivity contribution in [3.05, 3.63) is 71.0 Å². The van der Waals surface area contributed by atoms with Crippen molar-refractivity contribution in [3.63, 3.8) is 0 Å². The van der Waals surface area contributed by atoms with Gasteiger partial charge in [-0.1, -0.05) is 15.9 Å². The van der Waals surface area contributed by atoms with Crippen LogP contribution >= 0.6 is 15.9 Å². The lowest BCUT2D eigenvalue weighted by Gasteiger charge is -2.08. The Morgan fingerprint density at radius 3 is 2.50 bits per heavy atom. The highest BCUT2D eigenvalue weighted by atomic mass is 79.9. The predicted molar refractivity (Wildman–Crippen MR) is 92.3 cm³/mol. The number of halogens is 1. The van der Waals surface area contributed by atoms with Crippen molar-refractivity contribution in [2.45, 2.75) is 0 Å². The molecular weight excluding hydrogens is 374 g/mol. The zero-order valence-corrected chi connectivity index (χ0v) is 13.9. The highest BCUT2D eigenvalue weighted by molar-refractivity contribution is 9.10. The molecule has 0 spiro atoms. The van der Waals surface area contributed by atoms with Crippen molar-refractivity contribution in [1.29, 1.82) is 0 Å². The molecule has 0 fully saturated rings. The van der Waals surface area contributed by atoms with Gasteiger partial charge in [0.1, 0.15) is 11.5 Å². The molecule has 0 saturated carbocycles. The number of hydrogen-bond donors (Lipinski definition) is 2. The van der Waals surface area contributed by atoms with Gasteiger partial charge in [0.2, 0.25) is 0 Å². The standard InChI is InChI=1S/C17H12BrN3O3/c18-11-2-7-15(22)14(10-11)16(23)21-12-3-5-13(6-4-12)24-17-19-8-1-9-20-17/h1-10,22H,(H,21,23). The molecule has 2 N–H and O–H groups in total. The number of benzene rings is 2. The molecule has 0 atom stereocenters. The van der Waals surface area contributed by atoms with Gasteiger partial charge >= 0.3 is 6.01 Å². The molecule has 2 aromatic carbocycles. The Kier molecular flexibility index (Phi) is 4.72. The largest absolute Gasteiger partial charge is 0.507 e. The molecule has 6 nitrogen and oxygen atoms in total. The number of aromatic hydroxyl groups is 1. The molecule has 1 aromatic heterocycles. The molecule has 120 valence electrons. The van der Waals surface area contributed by atoms with Crippen LogP contribution in [0.3, 0.4) is 0 Å². The predicted octanol–water partition coefficient (Wildman–Crippen LogP) is 3.99. The number of nitrogens with one attached hydrogen (secondary N) is 1. The molecule has 0 bridgehead atoms. The Morgan fingerprint density at radius 1 is 1.08 bits per heavy atom. The van der Waals surface area contributed by atoms with Gasteiger partial charge in [0.15, 0.2) is 0 Å². The van der Waals surface area contributed by atoms with E-state index in [1.807, 2.05) is 0 Å². The van der Waals surface area contributed by atoms with Crippen LogP contribution in [0.15, 0.2) is 65.4 Å². The molecule has 0 aliphatic heterocycles. The normalized spacial score (nSPS) is 10.2. The summed E-state index contributed by atoms with van der Waals surface area (Å²) in [7, 11) is 0. The SMILES string of the molecule is O=C(Nc1ccc(Oc2ncccn2)cc1)c1cc(Br)ccc1O. The van der Waals surface area contributed by atoms with E-state index >= 15 is 0 Å². The Labute approximate surface area is 146 Å². The van der Waals surface area contributed by atoms with E-state index in [4.69, 9.17) is 4.74 Å². The number of hydrogen-bond acceptors (Lipinski definition) is 5. The molecule has 24 heavy (non-hydrogen) atoms. The van der Waals surface area contributed by atoms with Crippen LogP contribution in [-0.4, -0.2) is 21.0 Å². The van der Waals surface area contributed by atoms with Crippen molar-refractivity contribution in [2.75, 3.05) is 5.32 Å². The molecule has 1 heterocycles. The van der Waals surface area contributed by atoms with E-state index in [1.54, 1.807) is 54.9 Å². The van der Waals surface area contributed by atoms with E-state index < -0.39 is 5.91 Å². The summed E-state index contributed by atoms with van der Waals surface area (Å²) < 4.78 is 6.18. The molecule has 0 aliphatic carbocycles. The summed E-state index contributed by atoms with van der Waals surface area (Å²) >= 11 is 3.27. The van der Waals surface area contributed by atoms with Gasteiger partial charge < -0.3 is 15.2 Å². The third kappa shape index (κ3) is 3.88. The second kappa shape index (κ2) is 7.10. The molecule has 0 radical (unpaired) electrons. The molecular formula is C17H12BrN3O3. The van der Waals surface area contributed by atoms with Gasteiger partial charge in [-0.05, 0) is 48.5 Å². The first-order valence-electron chi connectivity index (χ1n) is 6.96. The number of nitrogens with zero attached hydrogens (tertiary/aromatic N) is 2. The summed E-state index contributed by atoms with van der Waals surface area (Å²) in [5.41, 5.74) is 0.753. The number of amides is 1. The van der Waals surface area contributed by atoms with Crippen LogP contribution in [0.2, 0.25) is 0 Å². The van der Waals surface area contributed by atoms with Gasteiger partial charge in [0.25, 0.3) is 5.91 Å². The number of anilines is 1. The zero-order chi connectivity index (χ0) is 16.9. The Bertz CT molecular complexity index is 855. The quantitative estimate of drug-likeness (QED) is 0.709. The molecule has 0 unspecified atom stereocenters. The number of carbonyl (C=O) groups excluding carboxylic acids is 1. The minimum absolute atomic E-state index is 0.0862. The van der Waals surface area contributed by atoms with E-state index in [0.717, 1.165) is 0 Å². The highest BCUT2D eigenvalue weighted by Crippen LogP contribution is 2.24. The minimum Gasteiger partial charge on any atom is -0.507 e. The van der Waals surface area contributed by atoms with Gasteiger partial charge in [-0.25, -0.2) is 9.97 Å². The first-order chi connectivity index (χ1) is 11.6. The van der Waals surface area contributed by atoms with Gasteiger partial charge in [0.05, 0.1) is 5.56 Å². The third-order valence-electron chi connectivity index (χ3n) is 3.07. The lowest BCUT2D eigenvalue weighted by atomic mass is 10.2. The molecule has 3 rings (SSSR count). The van der Waals surface area contributed by atoms with E-state index in [1.165, 1.54) is 6.07 Å². The number of carbonyl (C=O) groups is 1. The van der Waals surface area contributed by atoms with E-state index in [-0.39, 0.29) is 17.3 Å². The van der Waals surface area contributed by atoms with Gasteiger partial charge in [-0.15, -0.1) is 0 Å². The van der Waals surface area contributed by atoms with Crippen LogP contribution in [0.25, 0.3) is 0 Å². The van der Waals surface area contributed by atoms with Gasteiger partial charge in [-0.2, -0.15) is 0 Å². The fourth-order valence-electron chi connectivity index (χ4n) is 1.94. The van der Waals surface area contributed by atoms with Crippen LogP contribution in [0.1, 0.15) is 10.4 Å². The lowest BCUT2D eigenvalue weighted by Crippen LogP contribution is -2.12. The van der Waals surface area contributed by atoms with Gasteiger partial charge in [0, 0.05) is 22.6 Å². The van der Waals surface area contributed by atoms with Crippen LogP contribution in [0, 0.1) is 0 Å². The van der Waals surface area contributed by atoms with Crippen molar-refractivity contribution in [3.8, 4) is 17.5 Å². The minimum atomic E-state index is -0.408.